The van der Waals surface area contributed by atoms with E-state index in [2.05, 4.69) is 31.1 Å². The van der Waals surface area contributed by atoms with Crippen molar-refractivity contribution < 1.29 is 0 Å². The van der Waals surface area contributed by atoms with Gasteiger partial charge in [0.1, 0.15) is 11.5 Å². The lowest BCUT2D eigenvalue weighted by Gasteiger charge is -2.22. The molecule has 0 aromatic carbocycles. The molecule has 1 unspecified atom stereocenters. The first-order valence-corrected chi connectivity index (χ1v) is 8.66. The molecule has 0 amide bonds. The van der Waals surface area contributed by atoms with Crippen LogP contribution in [0.2, 0.25) is 0 Å². The van der Waals surface area contributed by atoms with E-state index in [4.69, 9.17) is 10.1 Å². The van der Waals surface area contributed by atoms with Gasteiger partial charge >= 0.3 is 0 Å². The second-order valence-corrected chi connectivity index (χ2v) is 6.72. The van der Waals surface area contributed by atoms with Crippen molar-refractivity contribution in [2.75, 3.05) is 0 Å². The molecule has 9 nitrogen and oxygen atoms in total. The van der Waals surface area contributed by atoms with E-state index >= 15 is 0 Å². The maximum absolute atomic E-state index is 4.91. The van der Waals surface area contributed by atoms with E-state index in [-0.39, 0.29) is 5.92 Å². The summed E-state index contributed by atoms with van der Waals surface area (Å²) in [6, 6.07) is 2.08. The number of aryl methyl sites for hydroxylation is 3. The Labute approximate surface area is 149 Å². The SMILES string of the molecule is Cc1[nH]ncc1-c1nc(C2CCn3nccc3C2)n(-c2cnn(C)c2)n1. The van der Waals surface area contributed by atoms with E-state index in [1.807, 2.05) is 37.2 Å². The van der Waals surface area contributed by atoms with Crippen LogP contribution in [0.3, 0.4) is 0 Å². The third-order valence-electron chi connectivity index (χ3n) is 4.95. The fourth-order valence-corrected chi connectivity index (χ4v) is 3.57. The van der Waals surface area contributed by atoms with Gasteiger partial charge in [-0.1, -0.05) is 0 Å². The minimum atomic E-state index is 0.285. The first-order chi connectivity index (χ1) is 12.7. The number of fused-ring (bicyclic) bond motifs is 1. The van der Waals surface area contributed by atoms with Gasteiger partial charge in [0.15, 0.2) is 5.82 Å². The van der Waals surface area contributed by atoms with Gasteiger partial charge in [-0.15, -0.1) is 5.10 Å². The number of rotatable bonds is 3. The van der Waals surface area contributed by atoms with Crippen molar-refractivity contribution >= 4 is 0 Å². The standard InChI is InChI=1S/C17H19N9/c1-11-15(9-18-22-11)16-21-17(26(23-16)14-8-20-24(2)10-14)12-4-6-25-13(7-12)3-5-19-25/h3,5,8-10,12H,4,6-7H2,1-2H3,(H,18,22). The Hall–Kier alpha value is -3.23. The number of hydrogen-bond acceptors (Lipinski definition) is 5. The highest BCUT2D eigenvalue weighted by Gasteiger charge is 2.27. The number of hydrogen-bond donors (Lipinski definition) is 1. The number of nitrogens with one attached hydrogen (secondary N) is 1. The maximum atomic E-state index is 4.91. The zero-order chi connectivity index (χ0) is 17.7. The molecule has 0 saturated heterocycles. The highest BCUT2D eigenvalue weighted by atomic mass is 15.4. The average molecular weight is 349 g/mol. The molecule has 4 aromatic heterocycles. The Bertz CT molecular complexity index is 1060. The van der Waals surface area contributed by atoms with Gasteiger partial charge in [-0.25, -0.2) is 9.67 Å². The van der Waals surface area contributed by atoms with Crippen LogP contribution in [0.1, 0.15) is 29.6 Å². The predicted octanol–water partition coefficient (Wildman–Crippen LogP) is 1.63. The van der Waals surface area contributed by atoms with Gasteiger partial charge < -0.3 is 0 Å². The van der Waals surface area contributed by atoms with Gasteiger partial charge in [0, 0.05) is 37.1 Å². The molecule has 26 heavy (non-hydrogen) atoms. The molecule has 9 heteroatoms. The molecule has 132 valence electrons. The summed E-state index contributed by atoms with van der Waals surface area (Å²) in [5.41, 5.74) is 4.04. The van der Waals surface area contributed by atoms with Crippen LogP contribution in [0, 0.1) is 6.92 Å². The van der Waals surface area contributed by atoms with Crippen LogP contribution in [0.15, 0.2) is 30.9 Å². The van der Waals surface area contributed by atoms with E-state index in [1.165, 1.54) is 5.69 Å². The molecule has 0 spiro atoms. The maximum Gasteiger partial charge on any atom is 0.185 e. The van der Waals surface area contributed by atoms with Crippen LogP contribution in [-0.2, 0) is 20.0 Å². The van der Waals surface area contributed by atoms with Gasteiger partial charge in [-0.05, 0) is 25.8 Å². The molecule has 5 heterocycles. The number of aromatic amines is 1. The molecule has 0 fully saturated rings. The van der Waals surface area contributed by atoms with E-state index in [0.717, 1.165) is 42.2 Å². The number of nitrogens with zero attached hydrogens (tertiary/aromatic N) is 8. The van der Waals surface area contributed by atoms with E-state index in [0.29, 0.717) is 5.82 Å². The molecule has 0 bridgehead atoms. The fraction of sp³-hybridized carbons (Fsp3) is 0.353. The molecule has 1 aliphatic rings. The van der Waals surface area contributed by atoms with Crippen LogP contribution < -0.4 is 0 Å². The summed E-state index contributed by atoms with van der Waals surface area (Å²) in [6.45, 7) is 2.87. The minimum Gasteiger partial charge on any atom is -0.282 e. The molecule has 1 N–H and O–H groups in total. The monoisotopic (exact) mass is 349 g/mol. The van der Waals surface area contributed by atoms with Crippen molar-refractivity contribution in [2.45, 2.75) is 32.2 Å². The van der Waals surface area contributed by atoms with E-state index in [9.17, 15) is 0 Å². The Morgan fingerprint density at radius 3 is 2.92 bits per heavy atom. The van der Waals surface area contributed by atoms with E-state index in [1.54, 1.807) is 10.9 Å². The van der Waals surface area contributed by atoms with Crippen molar-refractivity contribution in [1.82, 2.24) is 44.5 Å². The van der Waals surface area contributed by atoms with Gasteiger partial charge in [-0.3, -0.25) is 14.5 Å². The summed E-state index contributed by atoms with van der Waals surface area (Å²) < 4.78 is 5.77. The van der Waals surface area contributed by atoms with Crippen molar-refractivity contribution in [3.63, 3.8) is 0 Å². The molecule has 4 aromatic rings. The Morgan fingerprint density at radius 2 is 2.15 bits per heavy atom. The van der Waals surface area contributed by atoms with E-state index < -0.39 is 0 Å². The molecule has 5 rings (SSSR count). The molecule has 0 radical (unpaired) electrons. The summed E-state index contributed by atoms with van der Waals surface area (Å²) in [7, 11) is 1.90. The van der Waals surface area contributed by atoms with Crippen molar-refractivity contribution in [2.24, 2.45) is 7.05 Å². The smallest absolute Gasteiger partial charge is 0.185 e. The quantitative estimate of drug-likeness (QED) is 0.606. The zero-order valence-electron chi connectivity index (χ0n) is 14.7. The topological polar surface area (TPSA) is 95.0 Å². The molecule has 0 aliphatic carbocycles. The third kappa shape index (κ3) is 2.35. The summed E-state index contributed by atoms with van der Waals surface area (Å²) in [4.78, 5) is 4.91. The van der Waals surface area contributed by atoms with Crippen LogP contribution in [0.25, 0.3) is 17.1 Å². The summed E-state index contributed by atoms with van der Waals surface area (Å²) in [5, 5.41) is 20.5. The molecular formula is C17H19N9. The predicted molar refractivity (Wildman–Crippen MR) is 93.7 cm³/mol. The lowest BCUT2D eigenvalue weighted by Crippen LogP contribution is -2.21. The molecule has 1 aliphatic heterocycles. The third-order valence-corrected chi connectivity index (χ3v) is 4.95. The largest absolute Gasteiger partial charge is 0.282 e. The van der Waals surface area contributed by atoms with Crippen molar-refractivity contribution in [1.29, 1.82) is 0 Å². The van der Waals surface area contributed by atoms with Gasteiger partial charge in [0.05, 0.1) is 24.2 Å². The second kappa shape index (κ2) is 5.65. The van der Waals surface area contributed by atoms with Crippen molar-refractivity contribution in [3.8, 4) is 17.1 Å². The average Bonchev–Trinajstić information content (AvgIpc) is 3.39. The second-order valence-electron chi connectivity index (χ2n) is 6.72. The lowest BCUT2D eigenvalue weighted by atomic mass is 9.95. The Kier molecular flexibility index (Phi) is 3.27. The Balaban J connectivity index is 1.61. The summed E-state index contributed by atoms with van der Waals surface area (Å²) in [6.07, 6.45) is 9.30. The van der Waals surface area contributed by atoms with Gasteiger partial charge in [-0.2, -0.15) is 15.3 Å². The fourth-order valence-electron chi connectivity index (χ4n) is 3.57. The summed E-state index contributed by atoms with van der Waals surface area (Å²) >= 11 is 0. The van der Waals surface area contributed by atoms with Gasteiger partial charge in [0.2, 0.25) is 0 Å². The molecule has 0 saturated carbocycles. The summed E-state index contributed by atoms with van der Waals surface area (Å²) in [5.74, 6) is 1.93. The van der Waals surface area contributed by atoms with Gasteiger partial charge in [0.25, 0.3) is 0 Å². The number of aromatic nitrogens is 9. The van der Waals surface area contributed by atoms with Crippen LogP contribution >= 0.6 is 0 Å². The van der Waals surface area contributed by atoms with Crippen LogP contribution in [0.5, 0.6) is 0 Å². The molecule has 1 atom stereocenters. The normalized spacial score (nSPS) is 16.8. The van der Waals surface area contributed by atoms with Crippen LogP contribution in [-0.4, -0.2) is 44.5 Å². The lowest BCUT2D eigenvalue weighted by molar-refractivity contribution is 0.423. The first-order valence-electron chi connectivity index (χ1n) is 8.66. The van der Waals surface area contributed by atoms with Crippen molar-refractivity contribution in [3.05, 3.63) is 48.1 Å². The minimum absolute atomic E-state index is 0.285. The Morgan fingerprint density at radius 1 is 1.23 bits per heavy atom. The zero-order valence-corrected chi connectivity index (χ0v) is 14.7. The van der Waals surface area contributed by atoms with Crippen LogP contribution in [0.4, 0.5) is 0 Å². The number of H-pyrrole nitrogens is 1. The first kappa shape index (κ1) is 15.1. The highest BCUT2D eigenvalue weighted by Crippen LogP contribution is 2.31. The molecular weight excluding hydrogens is 330 g/mol. The highest BCUT2D eigenvalue weighted by molar-refractivity contribution is 5.56.